The summed E-state index contributed by atoms with van der Waals surface area (Å²) < 4.78 is 5.26. The van der Waals surface area contributed by atoms with E-state index in [2.05, 4.69) is 5.32 Å². The monoisotopic (exact) mass is 227 g/mol. The maximum Gasteiger partial charge on any atom is 0.345 e. The summed E-state index contributed by atoms with van der Waals surface area (Å²) in [5.41, 5.74) is 1.30. The molecule has 17 heavy (non-hydrogen) atoms. The summed E-state index contributed by atoms with van der Waals surface area (Å²) in [6.07, 6.45) is 7.13. The van der Waals surface area contributed by atoms with E-state index in [9.17, 15) is 4.79 Å². The fourth-order valence-corrected chi connectivity index (χ4v) is 1.45. The van der Waals surface area contributed by atoms with Crippen LogP contribution in [-0.4, -0.2) is 5.97 Å². The van der Waals surface area contributed by atoms with Crippen molar-refractivity contribution in [1.82, 2.24) is 5.32 Å². The van der Waals surface area contributed by atoms with Gasteiger partial charge in [-0.1, -0.05) is 24.3 Å². The van der Waals surface area contributed by atoms with Crippen LogP contribution in [0.5, 0.6) is 5.75 Å². The summed E-state index contributed by atoms with van der Waals surface area (Å²) in [5, 5.41) is 3.00. The van der Waals surface area contributed by atoms with Crippen molar-refractivity contribution in [1.29, 1.82) is 0 Å². The van der Waals surface area contributed by atoms with E-state index in [0.717, 1.165) is 5.70 Å². The molecule has 0 spiro atoms. The number of rotatable bonds is 2. The molecule has 3 heteroatoms. The molecule has 3 nitrogen and oxygen atoms in total. The maximum absolute atomic E-state index is 11.9. The topological polar surface area (TPSA) is 38.3 Å². The van der Waals surface area contributed by atoms with Crippen molar-refractivity contribution in [3.05, 3.63) is 66.0 Å². The molecule has 1 N–H and O–H groups in total. The van der Waals surface area contributed by atoms with Gasteiger partial charge in [-0.15, -0.1) is 0 Å². The van der Waals surface area contributed by atoms with Gasteiger partial charge >= 0.3 is 5.97 Å². The van der Waals surface area contributed by atoms with Crippen molar-refractivity contribution in [3.63, 3.8) is 0 Å². The molecule has 0 saturated carbocycles. The summed E-state index contributed by atoms with van der Waals surface area (Å²) in [6, 6.07) is 9.03. The molecular formula is C14H13NO2. The second-order valence-electron chi connectivity index (χ2n) is 3.60. The summed E-state index contributed by atoms with van der Waals surface area (Å²) >= 11 is 0. The Balaban J connectivity index is 2.16. The van der Waals surface area contributed by atoms with Crippen molar-refractivity contribution < 1.29 is 9.53 Å². The molecule has 0 amide bonds. The molecule has 2 rings (SSSR count). The number of esters is 1. The first-order chi connectivity index (χ1) is 8.27. The summed E-state index contributed by atoms with van der Waals surface area (Å²) in [7, 11) is 0. The van der Waals surface area contributed by atoms with E-state index in [-0.39, 0.29) is 5.97 Å². The maximum atomic E-state index is 11.9. The molecule has 0 radical (unpaired) electrons. The van der Waals surface area contributed by atoms with Crippen LogP contribution in [0.3, 0.4) is 0 Å². The van der Waals surface area contributed by atoms with Crippen LogP contribution in [0.4, 0.5) is 0 Å². The smallest absolute Gasteiger partial charge is 0.345 e. The lowest BCUT2D eigenvalue weighted by atomic mass is 10.2. The molecule has 1 aliphatic rings. The van der Waals surface area contributed by atoms with Crippen LogP contribution in [0.2, 0.25) is 0 Å². The molecule has 0 aliphatic carbocycles. The second kappa shape index (κ2) is 5.16. The number of carbonyl (C=O) groups excluding carboxylic acids is 1. The average Bonchev–Trinajstić information content (AvgIpc) is 2.55. The Labute approximate surface area is 100 Å². The number of ether oxygens (including phenoxy) is 1. The van der Waals surface area contributed by atoms with Crippen molar-refractivity contribution in [2.75, 3.05) is 0 Å². The zero-order chi connectivity index (χ0) is 12.1. The molecule has 1 aliphatic heterocycles. The minimum absolute atomic E-state index is 0.360. The van der Waals surface area contributed by atoms with E-state index in [1.165, 1.54) is 0 Å². The van der Waals surface area contributed by atoms with E-state index in [1.807, 2.05) is 31.2 Å². The van der Waals surface area contributed by atoms with Crippen LogP contribution in [-0.2, 0) is 4.79 Å². The number of allylic oxidation sites excluding steroid dienone is 3. The number of para-hydroxylation sites is 1. The number of benzene rings is 1. The van der Waals surface area contributed by atoms with E-state index in [4.69, 9.17) is 4.74 Å². The molecule has 0 fully saturated rings. The SMILES string of the molecule is CC1=C(C(=O)Oc2ccccc2)C=CC=CN1. The average molecular weight is 227 g/mol. The van der Waals surface area contributed by atoms with E-state index >= 15 is 0 Å². The van der Waals surface area contributed by atoms with Crippen LogP contribution in [0.15, 0.2) is 66.0 Å². The number of hydrogen-bond donors (Lipinski definition) is 1. The van der Waals surface area contributed by atoms with Gasteiger partial charge < -0.3 is 10.1 Å². The lowest BCUT2D eigenvalue weighted by Gasteiger charge is -2.07. The van der Waals surface area contributed by atoms with Crippen molar-refractivity contribution in [2.45, 2.75) is 6.92 Å². The third-order valence-electron chi connectivity index (χ3n) is 2.35. The van der Waals surface area contributed by atoms with Gasteiger partial charge in [0.2, 0.25) is 0 Å². The van der Waals surface area contributed by atoms with Crippen molar-refractivity contribution >= 4 is 5.97 Å². The molecule has 1 aromatic carbocycles. The van der Waals surface area contributed by atoms with E-state index in [1.54, 1.807) is 30.5 Å². The van der Waals surface area contributed by atoms with Gasteiger partial charge in [0.25, 0.3) is 0 Å². The zero-order valence-corrected chi connectivity index (χ0v) is 9.51. The summed E-state index contributed by atoms with van der Waals surface area (Å²) in [6.45, 7) is 1.83. The van der Waals surface area contributed by atoms with Crippen molar-refractivity contribution in [3.8, 4) is 5.75 Å². The Kier molecular flexibility index (Phi) is 3.40. The molecule has 0 atom stereocenters. The molecule has 0 aromatic heterocycles. The highest BCUT2D eigenvalue weighted by atomic mass is 16.5. The first kappa shape index (κ1) is 11.2. The zero-order valence-electron chi connectivity index (χ0n) is 9.51. The van der Waals surface area contributed by atoms with Gasteiger partial charge in [0.05, 0.1) is 5.57 Å². The number of nitrogens with one attached hydrogen (secondary N) is 1. The van der Waals surface area contributed by atoms with E-state index in [0.29, 0.717) is 11.3 Å². The molecule has 1 heterocycles. The highest BCUT2D eigenvalue weighted by Crippen LogP contribution is 2.14. The third-order valence-corrected chi connectivity index (χ3v) is 2.35. The molecule has 0 saturated heterocycles. The Hall–Kier alpha value is -2.29. The molecule has 1 aromatic rings. The largest absolute Gasteiger partial charge is 0.423 e. The standard InChI is InChI=1S/C14H13NO2/c1-11-13(9-5-6-10-15-11)14(16)17-12-7-3-2-4-8-12/h2-10,15H,1H3. The van der Waals surface area contributed by atoms with Gasteiger partial charge in [-0.2, -0.15) is 0 Å². The molecule has 0 bridgehead atoms. The second-order valence-corrected chi connectivity index (χ2v) is 3.60. The Morgan fingerprint density at radius 1 is 1.18 bits per heavy atom. The van der Waals surface area contributed by atoms with Gasteiger partial charge in [0, 0.05) is 11.9 Å². The molecular weight excluding hydrogens is 214 g/mol. The van der Waals surface area contributed by atoms with Gasteiger partial charge in [-0.25, -0.2) is 4.79 Å². The first-order valence-electron chi connectivity index (χ1n) is 5.35. The predicted molar refractivity (Wildman–Crippen MR) is 66.2 cm³/mol. The van der Waals surface area contributed by atoms with Gasteiger partial charge in [0.15, 0.2) is 0 Å². The molecule has 0 unspecified atom stereocenters. The van der Waals surface area contributed by atoms with Crippen LogP contribution in [0.25, 0.3) is 0 Å². The highest BCUT2D eigenvalue weighted by molar-refractivity contribution is 5.94. The van der Waals surface area contributed by atoms with Crippen LogP contribution in [0, 0.1) is 0 Å². The van der Waals surface area contributed by atoms with Crippen LogP contribution in [0.1, 0.15) is 6.92 Å². The lowest BCUT2D eigenvalue weighted by Crippen LogP contribution is -2.15. The fraction of sp³-hybridized carbons (Fsp3) is 0.0714. The van der Waals surface area contributed by atoms with Gasteiger partial charge in [0.1, 0.15) is 5.75 Å². The number of hydrogen-bond acceptors (Lipinski definition) is 3. The highest BCUT2D eigenvalue weighted by Gasteiger charge is 2.13. The Bertz CT molecular complexity index is 498. The fourth-order valence-electron chi connectivity index (χ4n) is 1.45. The summed E-state index contributed by atoms with van der Waals surface area (Å²) in [4.78, 5) is 11.9. The van der Waals surface area contributed by atoms with Crippen LogP contribution >= 0.6 is 0 Å². The first-order valence-corrected chi connectivity index (χ1v) is 5.35. The number of carbonyl (C=O) groups is 1. The predicted octanol–water partition coefficient (Wildman–Crippen LogP) is 2.54. The summed E-state index contributed by atoms with van der Waals surface area (Å²) in [5.74, 6) is 0.185. The molecule has 86 valence electrons. The third kappa shape index (κ3) is 2.84. The lowest BCUT2D eigenvalue weighted by molar-refractivity contribution is -0.129. The Morgan fingerprint density at radius 2 is 1.94 bits per heavy atom. The quantitative estimate of drug-likeness (QED) is 0.623. The van der Waals surface area contributed by atoms with Crippen molar-refractivity contribution in [2.24, 2.45) is 0 Å². The minimum atomic E-state index is -0.360. The van der Waals surface area contributed by atoms with E-state index < -0.39 is 0 Å². The van der Waals surface area contributed by atoms with Crippen LogP contribution < -0.4 is 10.1 Å². The van der Waals surface area contributed by atoms with Gasteiger partial charge in [-0.05, 0) is 31.2 Å². The normalized spacial score (nSPS) is 14.2. The Morgan fingerprint density at radius 3 is 2.71 bits per heavy atom. The van der Waals surface area contributed by atoms with Gasteiger partial charge in [-0.3, -0.25) is 0 Å². The minimum Gasteiger partial charge on any atom is -0.423 e.